The Balaban J connectivity index is 1.89. The summed E-state index contributed by atoms with van der Waals surface area (Å²) in [6, 6.07) is 12.2. The lowest BCUT2D eigenvalue weighted by Crippen LogP contribution is -2.11. The summed E-state index contributed by atoms with van der Waals surface area (Å²) >= 11 is 0. The standard InChI is InChI=1S/C24H34O2/c1-23(2,3)19-13-11-17(15-21(19)25)9-7-8-10-18-12-14-20(22(26)16-18)24(4,5)6/h11-16,25-26H,7-10H2,1-6H3. The number of phenolic OH excluding ortho intramolecular Hbond substituents is 2. The van der Waals surface area contributed by atoms with E-state index >= 15 is 0 Å². The van der Waals surface area contributed by atoms with Gasteiger partial charge in [0.15, 0.2) is 0 Å². The van der Waals surface area contributed by atoms with E-state index in [9.17, 15) is 10.2 Å². The van der Waals surface area contributed by atoms with Gasteiger partial charge in [-0.15, -0.1) is 0 Å². The Morgan fingerprint density at radius 3 is 1.23 bits per heavy atom. The second-order valence-corrected chi connectivity index (χ2v) is 9.41. The summed E-state index contributed by atoms with van der Waals surface area (Å²) in [5.74, 6) is 0.801. The van der Waals surface area contributed by atoms with Gasteiger partial charge in [-0.05, 0) is 70.9 Å². The van der Waals surface area contributed by atoms with E-state index in [-0.39, 0.29) is 10.8 Å². The van der Waals surface area contributed by atoms with Gasteiger partial charge in [0, 0.05) is 0 Å². The zero-order chi connectivity index (χ0) is 19.5. The molecule has 2 heteroatoms. The van der Waals surface area contributed by atoms with E-state index in [1.165, 1.54) is 11.1 Å². The van der Waals surface area contributed by atoms with Crippen LogP contribution in [-0.4, -0.2) is 10.2 Å². The maximum Gasteiger partial charge on any atom is 0.119 e. The Kier molecular flexibility index (Phi) is 6.05. The van der Waals surface area contributed by atoms with Crippen molar-refractivity contribution in [2.75, 3.05) is 0 Å². The molecule has 0 spiro atoms. The summed E-state index contributed by atoms with van der Waals surface area (Å²) in [6.45, 7) is 12.7. The molecule has 0 saturated carbocycles. The van der Waals surface area contributed by atoms with Gasteiger partial charge in [0.2, 0.25) is 0 Å². The highest BCUT2D eigenvalue weighted by molar-refractivity contribution is 5.41. The van der Waals surface area contributed by atoms with Crippen molar-refractivity contribution >= 4 is 0 Å². The minimum absolute atomic E-state index is 0.0379. The highest BCUT2D eigenvalue weighted by atomic mass is 16.3. The van der Waals surface area contributed by atoms with Crippen molar-refractivity contribution in [2.45, 2.75) is 78.1 Å². The average Bonchev–Trinajstić information content (AvgIpc) is 2.49. The topological polar surface area (TPSA) is 40.5 Å². The van der Waals surface area contributed by atoms with E-state index in [0.717, 1.165) is 36.8 Å². The predicted molar refractivity (Wildman–Crippen MR) is 110 cm³/mol. The van der Waals surface area contributed by atoms with Gasteiger partial charge in [0.25, 0.3) is 0 Å². The predicted octanol–water partition coefficient (Wildman–Crippen LogP) is 6.26. The maximum atomic E-state index is 10.3. The molecule has 0 radical (unpaired) electrons. The van der Waals surface area contributed by atoms with Crippen molar-refractivity contribution in [3.05, 3.63) is 58.7 Å². The average molecular weight is 355 g/mol. The molecule has 2 nitrogen and oxygen atoms in total. The molecule has 0 aliphatic rings. The number of benzene rings is 2. The molecule has 2 aromatic rings. The molecule has 0 saturated heterocycles. The Hall–Kier alpha value is -1.96. The number of aryl methyl sites for hydroxylation is 2. The monoisotopic (exact) mass is 354 g/mol. The van der Waals surface area contributed by atoms with Crippen molar-refractivity contribution < 1.29 is 10.2 Å². The van der Waals surface area contributed by atoms with Crippen molar-refractivity contribution in [1.29, 1.82) is 0 Å². The van der Waals surface area contributed by atoms with Crippen LogP contribution in [0.1, 0.15) is 76.6 Å². The highest BCUT2D eigenvalue weighted by Gasteiger charge is 2.18. The van der Waals surface area contributed by atoms with Crippen molar-refractivity contribution in [3.63, 3.8) is 0 Å². The molecule has 2 rings (SSSR count). The lowest BCUT2D eigenvalue weighted by molar-refractivity contribution is 0.444. The minimum Gasteiger partial charge on any atom is -0.508 e. The third kappa shape index (κ3) is 5.27. The normalized spacial score (nSPS) is 12.4. The molecule has 0 aliphatic carbocycles. The summed E-state index contributed by atoms with van der Waals surface area (Å²) in [4.78, 5) is 0. The maximum absolute atomic E-state index is 10.3. The molecule has 26 heavy (non-hydrogen) atoms. The zero-order valence-corrected chi connectivity index (χ0v) is 17.2. The van der Waals surface area contributed by atoms with Gasteiger partial charge in [-0.1, -0.05) is 65.8 Å². The molecule has 0 aliphatic heterocycles. The van der Waals surface area contributed by atoms with E-state index in [1.54, 1.807) is 0 Å². The van der Waals surface area contributed by atoms with E-state index in [2.05, 4.69) is 53.7 Å². The van der Waals surface area contributed by atoms with Crippen LogP contribution in [0.15, 0.2) is 36.4 Å². The summed E-state index contributed by atoms with van der Waals surface area (Å²) in [5.41, 5.74) is 4.28. The first kappa shape index (κ1) is 20.4. The van der Waals surface area contributed by atoms with Gasteiger partial charge in [0.05, 0.1) is 0 Å². The molecule has 0 amide bonds. The fraction of sp³-hybridized carbons (Fsp3) is 0.500. The fourth-order valence-electron chi connectivity index (χ4n) is 3.39. The molecule has 0 unspecified atom stereocenters. The summed E-state index contributed by atoms with van der Waals surface area (Å²) < 4.78 is 0. The fourth-order valence-corrected chi connectivity index (χ4v) is 3.39. The zero-order valence-electron chi connectivity index (χ0n) is 17.2. The molecule has 2 aromatic carbocycles. The first-order valence-electron chi connectivity index (χ1n) is 9.63. The SMILES string of the molecule is CC(C)(C)c1ccc(CCCCc2ccc(C(C)(C)C)c(O)c2)cc1O. The summed E-state index contributed by atoms with van der Waals surface area (Å²) in [6.07, 6.45) is 4.06. The van der Waals surface area contributed by atoms with Crippen LogP contribution >= 0.6 is 0 Å². The molecule has 0 atom stereocenters. The molecule has 142 valence electrons. The third-order valence-corrected chi connectivity index (χ3v) is 4.92. The molecular formula is C24H34O2. The van der Waals surface area contributed by atoms with E-state index in [0.29, 0.717) is 11.5 Å². The van der Waals surface area contributed by atoms with Crippen LogP contribution in [0.3, 0.4) is 0 Å². The number of rotatable bonds is 5. The Labute approximate surface area is 158 Å². The second kappa shape index (κ2) is 7.73. The van der Waals surface area contributed by atoms with Crippen LogP contribution in [0.25, 0.3) is 0 Å². The van der Waals surface area contributed by atoms with Crippen LogP contribution < -0.4 is 0 Å². The van der Waals surface area contributed by atoms with E-state index < -0.39 is 0 Å². The smallest absolute Gasteiger partial charge is 0.119 e. The number of hydrogen-bond donors (Lipinski definition) is 2. The minimum atomic E-state index is -0.0379. The van der Waals surface area contributed by atoms with Crippen LogP contribution in [0.5, 0.6) is 11.5 Å². The van der Waals surface area contributed by atoms with Gasteiger partial charge in [-0.25, -0.2) is 0 Å². The molecule has 0 fully saturated rings. The Morgan fingerprint density at radius 1 is 0.615 bits per heavy atom. The van der Waals surface area contributed by atoms with Gasteiger partial charge in [0.1, 0.15) is 11.5 Å². The third-order valence-electron chi connectivity index (χ3n) is 4.92. The van der Waals surface area contributed by atoms with Crippen molar-refractivity contribution in [3.8, 4) is 11.5 Å². The van der Waals surface area contributed by atoms with Crippen molar-refractivity contribution in [1.82, 2.24) is 0 Å². The number of hydrogen-bond acceptors (Lipinski definition) is 2. The molecule has 0 bridgehead atoms. The molecule has 2 N–H and O–H groups in total. The summed E-state index contributed by atoms with van der Waals surface area (Å²) in [7, 11) is 0. The summed E-state index contributed by atoms with van der Waals surface area (Å²) in [5, 5.41) is 20.5. The first-order chi connectivity index (χ1) is 12.0. The largest absolute Gasteiger partial charge is 0.508 e. The van der Waals surface area contributed by atoms with Crippen LogP contribution in [0.2, 0.25) is 0 Å². The van der Waals surface area contributed by atoms with E-state index in [4.69, 9.17) is 0 Å². The lowest BCUT2D eigenvalue weighted by atomic mass is 9.85. The molecule has 0 heterocycles. The molecule has 0 aromatic heterocycles. The Bertz CT molecular complexity index is 680. The second-order valence-electron chi connectivity index (χ2n) is 9.41. The van der Waals surface area contributed by atoms with Gasteiger partial charge >= 0.3 is 0 Å². The van der Waals surface area contributed by atoms with Crippen LogP contribution in [0, 0.1) is 0 Å². The molecular weight excluding hydrogens is 320 g/mol. The van der Waals surface area contributed by atoms with Gasteiger partial charge < -0.3 is 10.2 Å². The van der Waals surface area contributed by atoms with Crippen LogP contribution in [-0.2, 0) is 23.7 Å². The van der Waals surface area contributed by atoms with Gasteiger partial charge in [-0.3, -0.25) is 0 Å². The first-order valence-corrected chi connectivity index (χ1v) is 9.63. The highest BCUT2D eigenvalue weighted by Crippen LogP contribution is 2.32. The number of aromatic hydroxyl groups is 2. The van der Waals surface area contributed by atoms with Crippen molar-refractivity contribution in [2.24, 2.45) is 0 Å². The lowest BCUT2D eigenvalue weighted by Gasteiger charge is -2.21. The van der Waals surface area contributed by atoms with Gasteiger partial charge in [-0.2, -0.15) is 0 Å². The van der Waals surface area contributed by atoms with E-state index in [1.807, 2.05) is 24.3 Å². The quantitative estimate of drug-likeness (QED) is 0.622. The number of unbranched alkanes of at least 4 members (excludes halogenated alkanes) is 1. The van der Waals surface area contributed by atoms with Crippen LogP contribution in [0.4, 0.5) is 0 Å². The number of phenols is 2. The Morgan fingerprint density at radius 2 is 0.962 bits per heavy atom.